The fourth-order valence-electron chi connectivity index (χ4n) is 2.42. The number of aromatic nitrogens is 1. The van der Waals surface area contributed by atoms with Gasteiger partial charge in [-0.15, -0.1) is 11.3 Å². The third-order valence-electron chi connectivity index (χ3n) is 3.37. The third kappa shape index (κ3) is 2.05. The molecule has 1 atom stereocenters. The molecule has 0 aliphatic heterocycles. The van der Waals surface area contributed by atoms with Gasteiger partial charge >= 0.3 is 5.97 Å². The predicted octanol–water partition coefficient (Wildman–Crippen LogP) is 3.26. The monoisotopic (exact) mass is 247 g/mol. The van der Waals surface area contributed by atoms with Crippen molar-refractivity contribution in [1.29, 1.82) is 0 Å². The molecule has 1 aliphatic carbocycles. The van der Waals surface area contributed by atoms with Gasteiger partial charge < -0.3 is 5.11 Å². The van der Waals surface area contributed by atoms with Crippen molar-refractivity contribution in [1.82, 2.24) is 4.98 Å². The van der Waals surface area contributed by atoms with Crippen LogP contribution >= 0.6 is 11.3 Å². The number of hydrogen-bond donors (Lipinski definition) is 1. The van der Waals surface area contributed by atoms with E-state index < -0.39 is 5.97 Å². The molecule has 0 saturated heterocycles. The topological polar surface area (TPSA) is 50.2 Å². The van der Waals surface area contributed by atoms with Crippen LogP contribution in [0.5, 0.6) is 0 Å². The Kier molecular flexibility index (Phi) is 2.59. The fraction of sp³-hybridized carbons (Fsp3) is 0.385. The van der Waals surface area contributed by atoms with Crippen LogP contribution < -0.4 is 0 Å². The van der Waals surface area contributed by atoms with E-state index in [1.165, 1.54) is 5.56 Å². The molecular weight excluding hydrogens is 234 g/mol. The zero-order chi connectivity index (χ0) is 11.8. The molecule has 1 aliphatic rings. The average Bonchev–Trinajstić information content (AvgIpc) is 3.02. The minimum atomic E-state index is -0.705. The van der Waals surface area contributed by atoms with E-state index in [9.17, 15) is 4.79 Å². The van der Waals surface area contributed by atoms with Gasteiger partial charge in [0.25, 0.3) is 0 Å². The molecule has 1 heterocycles. The van der Waals surface area contributed by atoms with Crippen LogP contribution in [0.15, 0.2) is 23.7 Å². The van der Waals surface area contributed by atoms with E-state index in [-0.39, 0.29) is 12.3 Å². The molecule has 3 nitrogen and oxygen atoms in total. The highest BCUT2D eigenvalue weighted by molar-refractivity contribution is 7.17. The lowest BCUT2D eigenvalue weighted by molar-refractivity contribution is -0.137. The zero-order valence-corrected chi connectivity index (χ0v) is 10.1. The molecule has 4 heteroatoms. The molecule has 88 valence electrons. The summed E-state index contributed by atoms with van der Waals surface area (Å²) >= 11 is 1.61. The Bertz CT molecular complexity index is 559. The zero-order valence-electron chi connectivity index (χ0n) is 9.30. The lowest BCUT2D eigenvalue weighted by Gasteiger charge is -2.14. The smallest absolute Gasteiger partial charge is 0.303 e. The highest BCUT2D eigenvalue weighted by Crippen LogP contribution is 2.46. The van der Waals surface area contributed by atoms with Crippen LogP contribution in [0.25, 0.3) is 10.2 Å². The largest absolute Gasteiger partial charge is 0.481 e. The first kappa shape index (κ1) is 10.7. The first-order valence-electron chi connectivity index (χ1n) is 5.79. The Morgan fingerprint density at radius 1 is 1.53 bits per heavy atom. The SMILES string of the molecule is O=C(O)CC(c1cccc2ncsc12)C1CC1. The number of aliphatic carboxylic acids is 1. The summed E-state index contributed by atoms with van der Waals surface area (Å²) in [5.41, 5.74) is 4.00. The van der Waals surface area contributed by atoms with Crippen molar-refractivity contribution < 1.29 is 9.90 Å². The van der Waals surface area contributed by atoms with E-state index in [0.717, 1.165) is 23.1 Å². The summed E-state index contributed by atoms with van der Waals surface area (Å²) in [4.78, 5) is 15.3. The molecule has 2 aromatic rings. The summed E-state index contributed by atoms with van der Waals surface area (Å²) in [6.07, 6.45) is 2.56. The van der Waals surface area contributed by atoms with Crippen molar-refractivity contribution in [3.05, 3.63) is 29.3 Å². The average molecular weight is 247 g/mol. The van der Waals surface area contributed by atoms with Gasteiger partial charge in [-0.3, -0.25) is 4.79 Å². The maximum absolute atomic E-state index is 11.0. The van der Waals surface area contributed by atoms with Gasteiger partial charge in [0.05, 0.1) is 22.1 Å². The Hall–Kier alpha value is -1.42. The second-order valence-corrected chi connectivity index (χ2v) is 5.44. The van der Waals surface area contributed by atoms with Crippen molar-refractivity contribution in [2.24, 2.45) is 5.92 Å². The maximum Gasteiger partial charge on any atom is 0.303 e. The standard InChI is InChI=1S/C13H13NO2S/c15-12(16)6-10(8-4-5-8)9-2-1-3-11-13(9)17-7-14-11/h1-3,7-8,10H,4-6H2,(H,15,16). The molecule has 17 heavy (non-hydrogen) atoms. The Labute approximate surface area is 103 Å². The number of fused-ring (bicyclic) bond motifs is 1. The molecule has 0 radical (unpaired) electrons. The summed E-state index contributed by atoms with van der Waals surface area (Å²) < 4.78 is 1.16. The van der Waals surface area contributed by atoms with Crippen LogP contribution in [0, 0.1) is 5.92 Å². The molecule has 0 amide bonds. The minimum Gasteiger partial charge on any atom is -0.481 e. The highest BCUT2D eigenvalue weighted by atomic mass is 32.1. The van der Waals surface area contributed by atoms with Gasteiger partial charge in [0, 0.05) is 0 Å². The molecule has 0 bridgehead atoms. The second kappa shape index (κ2) is 4.11. The summed E-state index contributed by atoms with van der Waals surface area (Å²) in [7, 11) is 0. The summed E-state index contributed by atoms with van der Waals surface area (Å²) in [6, 6.07) is 6.03. The van der Waals surface area contributed by atoms with E-state index in [1.807, 2.05) is 17.6 Å². The number of carboxylic acid groups (broad SMARTS) is 1. The van der Waals surface area contributed by atoms with E-state index in [1.54, 1.807) is 11.3 Å². The summed E-state index contributed by atoms with van der Waals surface area (Å²) in [5, 5.41) is 9.03. The van der Waals surface area contributed by atoms with Gasteiger partial charge in [-0.2, -0.15) is 0 Å². The van der Waals surface area contributed by atoms with Gasteiger partial charge in [-0.25, -0.2) is 4.98 Å². The van der Waals surface area contributed by atoms with Gasteiger partial charge in [0.15, 0.2) is 0 Å². The normalized spacial score (nSPS) is 17.2. The van der Waals surface area contributed by atoms with Crippen LogP contribution in [0.4, 0.5) is 0 Å². The van der Waals surface area contributed by atoms with E-state index in [4.69, 9.17) is 5.11 Å². The molecule has 1 N–H and O–H groups in total. The van der Waals surface area contributed by atoms with Crippen LogP contribution in [0.3, 0.4) is 0 Å². The van der Waals surface area contributed by atoms with E-state index >= 15 is 0 Å². The quantitative estimate of drug-likeness (QED) is 0.902. The van der Waals surface area contributed by atoms with Gasteiger partial charge in [-0.05, 0) is 36.3 Å². The molecule has 1 fully saturated rings. The highest BCUT2D eigenvalue weighted by Gasteiger charge is 2.34. The van der Waals surface area contributed by atoms with Crippen LogP contribution in [0.1, 0.15) is 30.7 Å². The van der Waals surface area contributed by atoms with Crippen LogP contribution in [-0.4, -0.2) is 16.1 Å². The van der Waals surface area contributed by atoms with Gasteiger partial charge in [0.2, 0.25) is 0 Å². The van der Waals surface area contributed by atoms with Crippen molar-refractivity contribution >= 4 is 27.5 Å². The number of hydrogen-bond acceptors (Lipinski definition) is 3. The molecule has 0 spiro atoms. The van der Waals surface area contributed by atoms with Crippen molar-refractivity contribution in [3.8, 4) is 0 Å². The van der Waals surface area contributed by atoms with Gasteiger partial charge in [-0.1, -0.05) is 12.1 Å². The van der Waals surface area contributed by atoms with Crippen LogP contribution in [0.2, 0.25) is 0 Å². The Balaban J connectivity index is 2.04. The number of benzene rings is 1. The summed E-state index contributed by atoms with van der Waals surface area (Å²) in [6.45, 7) is 0. The number of rotatable bonds is 4. The van der Waals surface area contributed by atoms with Gasteiger partial charge in [0.1, 0.15) is 0 Å². The van der Waals surface area contributed by atoms with Crippen molar-refractivity contribution in [2.75, 3.05) is 0 Å². The first-order chi connectivity index (χ1) is 8.25. The maximum atomic E-state index is 11.0. The minimum absolute atomic E-state index is 0.164. The second-order valence-electron chi connectivity index (χ2n) is 4.59. The Morgan fingerprint density at radius 2 is 2.35 bits per heavy atom. The third-order valence-corrected chi connectivity index (χ3v) is 4.26. The molecule has 1 saturated carbocycles. The fourth-order valence-corrected chi connectivity index (χ4v) is 3.29. The molecule has 1 unspecified atom stereocenters. The number of nitrogens with zero attached hydrogens (tertiary/aromatic N) is 1. The number of thiazole rings is 1. The van der Waals surface area contributed by atoms with E-state index in [2.05, 4.69) is 11.1 Å². The number of carbonyl (C=O) groups is 1. The molecular formula is C13H13NO2S. The van der Waals surface area contributed by atoms with Crippen molar-refractivity contribution in [2.45, 2.75) is 25.2 Å². The first-order valence-corrected chi connectivity index (χ1v) is 6.67. The van der Waals surface area contributed by atoms with Crippen LogP contribution in [-0.2, 0) is 4.79 Å². The predicted molar refractivity (Wildman–Crippen MR) is 67.3 cm³/mol. The molecule has 3 rings (SSSR count). The number of carboxylic acids is 1. The summed E-state index contributed by atoms with van der Waals surface area (Å²) in [5.74, 6) is 0.0128. The molecule has 1 aromatic heterocycles. The Morgan fingerprint density at radius 3 is 3.06 bits per heavy atom. The van der Waals surface area contributed by atoms with Crippen molar-refractivity contribution in [3.63, 3.8) is 0 Å². The lowest BCUT2D eigenvalue weighted by atomic mass is 9.91. The van der Waals surface area contributed by atoms with E-state index in [0.29, 0.717) is 5.92 Å². The lowest BCUT2D eigenvalue weighted by Crippen LogP contribution is -2.08. The molecule has 1 aromatic carbocycles.